The SMILES string of the molecule is CC[C@@H](c1ccc(OC)cc1)[C@@H](C(C)=O)c1ccc(OC)cc1. The standard InChI is InChI=1S/C20H24O3/c1-5-19(15-6-10-17(22-3)11-7-15)20(14(2)21)16-8-12-18(23-4)13-9-16/h6-13,19-20H,5H2,1-4H3/t19-,20-/m0/s1. The second-order valence-corrected chi connectivity index (χ2v) is 5.65. The topological polar surface area (TPSA) is 35.5 Å². The molecule has 2 atom stereocenters. The van der Waals surface area contributed by atoms with Crippen molar-refractivity contribution in [3.8, 4) is 11.5 Å². The van der Waals surface area contributed by atoms with Gasteiger partial charge in [0.15, 0.2) is 0 Å². The molecule has 3 nitrogen and oxygen atoms in total. The summed E-state index contributed by atoms with van der Waals surface area (Å²) in [6, 6.07) is 15.8. The third kappa shape index (κ3) is 3.92. The summed E-state index contributed by atoms with van der Waals surface area (Å²) in [5.41, 5.74) is 2.19. The van der Waals surface area contributed by atoms with Crippen molar-refractivity contribution < 1.29 is 14.3 Å². The van der Waals surface area contributed by atoms with E-state index in [4.69, 9.17) is 9.47 Å². The Morgan fingerprint density at radius 1 is 0.870 bits per heavy atom. The van der Waals surface area contributed by atoms with Gasteiger partial charge in [0.25, 0.3) is 0 Å². The molecular formula is C20H24O3. The molecule has 0 aliphatic heterocycles. The van der Waals surface area contributed by atoms with Crippen LogP contribution in [0, 0.1) is 0 Å². The fraction of sp³-hybridized carbons (Fsp3) is 0.350. The first-order valence-corrected chi connectivity index (χ1v) is 7.89. The molecule has 0 aromatic heterocycles. The summed E-state index contributed by atoms with van der Waals surface area (Å²) >= 11 is 0. The number of carbonyl (C=O) groups excluding carboxylic acids is 1. The van der Waals surface area contributed by atoms with E-state index in [1.807, 2.05) is 48.5 Å². The zero-order valence-electron chi connectivity index (χ0n) is 14.2. The van der Waals surface area contributed by atoms with Crippen LogP contribution in [0.25, 0.3) is 0 Å². The summed E-state index contributed by atoms with van der Waals surface area (Å²) in [6.07, 6.45) is 0.891. The van der Waals surface area contributed by atoms with Crippen molar-refractivity contribution in [2.24, 2.45) is 0 Å². The summed E-state index contributed by atoms with van der Waals surface area (Å²) in [5.74, 6) is 1.80. The number of carbonyl (C=O) groups is 1. The van der Waals surface area contributed by atoms with Crippen molar-refractivity contribution in [3.05, 3.63) is 59.7 Å². The van der Waals surface area contributed by atoms with E-state index < -0.39 is 0 Å². The molecule has 2 aromatic carbocycles. The molecule has 0 aliphatic carbocycles. The number of benzene rings is 2. The fourth-order valence-corrected chi connectivity index (χ4v) is 3.08. The third-order valence-electron chi connectivity index (χ3n) is 4.30. The third-order valence-corrected chi connectivity index (χ3v) is 4.30. The second-order valence-electron chi connectivity index (χ2n) is 5.65. The highest BCUT2D eigenvalue weighted by Crippen LogP contribution is 2.37. The van der Waals surface area contributed by atoms with Crippen LogP contribution < -0.4 is 9.47 Å². The molecule has 2 aromatic rings. The molecule has 3 heteroatoms. The van der Waals surface area contributed by atoms with Gasteiger partial charge in [-0.1, -0.05) is 31.2 Å². The van der Waals surface area contributed by atoms with E-state index in [2.05, 4.69) is 6.92 Å². The van der Waals surface area contributed by atoms with Crippen LogP contribution in [0.2, 0.25) is 0 Å². The number of methoxy groups -OCH3 is 2. The van der Waals surface area contributed by atoms with Gasteiger partial charge in [-0.25, -0.2) is 0 Å². The Hall–Kier alpha value is -2.29. The maximum atomic E-state index is 12.3. The van der Waals surface area contributed by atoms with Gasteiger partial charge in [0, 0.05) is 5.92 Å². The number of ether oxygens (including phenoxy) is 2. The minimum Gasteiger partial charge on any atom is -0.497 e. The lowest BCUT2D eigenvalue weighted by Gasteiger charge is -2.25. The Morgan fingerprint density at radius 2 is 1.30 bits per heavy atom. The van der Waals surface area contributed by atoms with E-state index in [9.17, 15) is 4.79 Å². The molecule has 0 spiro atoms. The quantitative estimate of drug-likeness (QED) is 0.751. The molecule has 0 N–H and O–H groups in total. The largest absolute Gasteiger partial charge is 0.497 e. The van der Waals surface area contributed by atoms with Gasteiger partial charge in [-0.3, -0.25) is 4.79 Å². The molecule has 122 valence electrons. The predicted octanol–water partition coefficient (Wildman–Crippen LogP) is 4.57. The van der Waals surface area contributed by atoms with Crippen molar-refractivity contribution in [2.45, 2.75) is 32.1 Å². The van der Waals surface area contributed by atoms with Gasteiger partial charge in [0.05, 0.1) is 14.2 Å². The Kier molecular flexibility index (Phi) is 5.80. The average Bonchev–Trinajstić information content (AvgIpc) is 2.59. The van der Waals surface area contributed by atoms with Gasteiger partial charge in [0.1, 0.15) is 17.3 Å². The van der Waals surface area contributed by atoms with Gasteiger partial charge in [-0.05, 0) is 54.7 Å². The predicted molar refractivity (Wildman–Crippen MR) is 92.4 cm³/mol. The van der Waals surface area contributed by atoms with E-state index in [1.54, 1.807) is 21.1 Å². The Labute approximate surface area is 138 Å². The monoisotopic (exact) mass is 312 g/mol. The van der Waals surface area contributed by atoms with Gasteiger partial charge < -0.3 is 9.47 Å². The van der Waals surface area contributed by atoms with Crippen molar-refractivity contribution in [1.82, 2.24) is 0 Å². The van der Waals surface area contributed by atoms with Gasteiger partial charge in [-0.15, -0.1) is 0 Å². The van der Waals surface area contributed by atoms with E-state index in [1.165, 1.54) is 0 Å². The molecule has 0 heterocycles. The highest BCUT2D eigenvalue weighted by Gasteiger charge is 2.27. The summed E-state index contributed by atoms with van der Waals surface area (Å²) in [4.78, 5) is 12.3. The highest BCUT2D eigenvalue weighted by molar-refractivity contribution is 5.84. The second kappa shape index (κ2) is 7.82. The van der Waals surface area contributed by atoms with E-state index in [0.717, 1.165) is 29.0 Å². The van der Waals surface area contributed by atoms with Crippen molar-refractivity contribution >= 4 is 5.78 Å². The smallest absolute Gasteiger partial charge is 0.137 e. The number of rotatable bonds is 7. The van der Waals surface area contributed by atoms with Crippen molar-refractivity contribution in [2.75, 3.05) is 14.2 Å². The van der Waals surface area contributed by atoms with Crippen LogP contribution in [0.15, 0.2) is 48.5 Å². The molecule has 2 rings (SSSR count). The molecular weight excluding hydrogens is 288 g/mol. The van der Waals surface area contributed by atoms with Gasteiger partial charge >= 0.3 is 0 Å². The molecule has 23 heavy (non-hydrogen) atoms. The van der Waals surface area contributed by atoms with Crippen LogP contribution in [0.5, 0.6) is 11.5 Å². The van der Waals surface area contributed by atoms with E-state index in [0.29, 0.717) is 0 Å². The molecule has 0 fully saturated rings. The average molecular weight is 312 g/mol. The van der Waals surface area contributed by atoms with Crippen LogP contribution in [0.1, 0.15) is 43.2 Å². The molecule has 0 bridgehead atoms. The minimum atomic E-state index is -0.153. The molecule has 0 saturated heterocycles. The fourth-order valence-electron chi connectivity index (χ4n) is 3.08. The lowest BCUT2D eigenvalue weighted by molar-refractivity contribution is -0.118. The zero-order valence-corrected chi connectivity index (χ0v) is 14.2. The van der Waals surface area contributed by atoms with Crippen LogP contribution in [0.4, 0.5) is 0 Å². The molecule has 0 saturated carbocycles. The Bertz CT molecular complexity index is 629. The van der Waals surface area contributed by atoms with Crippen LogP contribution >= 0.6 is 0 Å². The molecule has 0 aliphatic rings. The van der Waals surface area contributed by atoms with Gasteiger partial charge in [0.2, 0.25) is 0 Å². The summed E-state index contributed by atoms with van der Waals surface area (Å²) < 4.78 is 10.4. The van der Waals surface area contributed by atoms with Gasteiger partial charge in [-0.2, -0.15) is 0 Å². The van der Waals surface area contributed by atoms with Crippen molar-refractivity contribution in [3.63, 3.8) is 0 Å². The number of hydrogen-bond donors (Lipinski definition) is 0. The Morgan fingerprint density at radius 3 is 1.65 bits per heavy atom. The molecule has 0 unspecified atom stereocenters. The maximum Gasteiger partial charge on any atom is 0.137 e. The normalized spacial score (nSPS) is 13.2. The van der Waals surface area contributed by atoms with Crippen LogP contribution in [0.3, 0.4) is 0 Å². The van der Waals surface area contributed by atoms with Crippen molar-refractivity contribution in [1.29, 1.82) is 0 Å². The lowest BCUT2D eigenvalue weighted by atomic mass is 9.78. The first-order valence-electron chi connectivity index (χ1n) is 7.89. The minimum absolute atomic E-state index is 0.145. The van der Waals surface area contributed by atoms with E-state index >= 15 is 0 Å². The number of Topliss-reactive ketones (excluding diaryl/α,β-unsaturated/α-hetero) is 1. The summed E-state index contributed by atoms with van der Waals surface area (Å²) in [6.45, 7) is 3.79. The molecule has 0 radical (unpaired) electrons. The molecule has 0 amide bonds. The number of ketones is 1. The Balaban J connectivity index is 2.37. The zero-order chi connectivity index (χ0) is 16.8. The maximum absolute atomic E-state index is 12.3. The van der Waals surface area contributed by atoms with Crippen LogP contribution in [-0.4, -0.2) is 20.0 Å². The van der Waals surface area contributed by atoms with E-state index in [-0.39, 0.29) is 17.6 Å². The summed E-state index contributed by atoms with van der Waals surface area (Å²) in [7, 11) is 3.30. The number of hydrogen-bond acceptors (Lipinski definition) is 3. The highest BCUT2D eigenvalue weighted by atomic mass is 16.5. The lowest BCUT2D eigenvalue weighted by Crippen LogP contribution is -2.18. The first-order chi connectivity index (χ1) is 11.1. The summed E-state index contributed by atoms with van der Waals surface area (Å²) in [5, 5.41) is 0. The van der Waals surface area contributed by atoms with Crippen LogP contribution in [-0.2, 0) is 4.79 Å². The first kappa shape index (κ1) is 17.1.